The summed E-state index contributed by atoms with van der Waals surface area (Å²) in [7, 11) is 0. The minimum atomic E-state index is -0.326. The van der Waals surface area contributed by atoms with Gasteiger partial charge in [-0.3, -0.25) is 14.9 Å². The lowest BCUT2D eigenvalue weighted by molar-refractivity contribution is -0.133. The van der Waals surface area contributed by atoms with Crippen molar-refractivity contribution in [3.63, 3.8) is 0 Å². The lowest BCUT2D eigenvalue weighted by Crippen LogP contribution is -2.47. The van der Waals surface area contributed by atoms with Gasteiger partial charge in [0.2, 0.25) is 11.8 Å². The summed E-state index contributed by atoms with van der Waals surface area (Å²) in [5, 5.41) is 8.88. The highest BCUT2D eigenvalue weighted by molar-refractivity contribution is 6.01. The van der Waals surface area contributed by atoms with Crippen molar-refractivity contribution in [3.8, 4) is 0 Å². The van der Waals surface area contributed by atoms with E-state index in [-0.39, 0.29) is 42.7 Å². The molecule has 2 amide bonds. The van der Waals surface area contributed by atoms with Crippen LogP contribution in [0.1, 0.15) is 12.8 Å². The minimum absolute atomic E-state index is 0. The molecule has 2 aliphatic heterocycles. The van der Waals surface area contributed by atoms with E-state index in [2.05, 4.69) is 33.0 Å². The van der Waals surface area contributed by atoms with E-state index in [4.69, 9.17) is 0 Å². The highest BCUT2D eigenvalue weighted by Crippen LogP contribution is 2.20. The monoisotopic (exact) mass is 360 g/mol. The molecule has 2 heterocycles. The summed E-state index contributed by atoms with van der Waals surface area (Å²) in [5.74, 6) is -0.426. The molecule has 1 aromatic rings. The van der Waals surface area contributed by atoms with Gasteiger partial charge in [-0.25, -0.2) is 0 Å². The van der Waals surface area contributed by atoms with Crippen LogP contribution in [-0.2, 0) is 9.59 Å². The Bertz CT molecular complexity index is 533. The van der Waals surface area contributed by atoms with Crippen LogP contribution in [0.3, 0.4) is 0 Å². The van der Waals surface area contributed by atoms with E-state index in [1.54, 1.807) is 0 Å². The van der Waals surface area contributed by atoms with E-state index in [1.807, 2.05) is 12.1 Å². The largest absolute Gasteiger partial charge is 0.374 e. The number of nitrogens with zero attached hydrogens (tertiary/aromatic N) is 1. The molecule has 0 aliphatic carbocycles. The first-order chi connectivity index (χ1) is 10.2. The van der Waals surface area contributed by atoms with Crippen LogP contribution in [0.2, 0.25) is 0 Å². The third-order valence-electron chi connectivity index (χ3n) is 3.93. The molecule has 2 fully saturated rings. The Morgan fingerprint density at radius 3 is 2.30 bits per heavy atom. The Kier molecular flexibility index (Phi) is 7.61. The summed E-state index contributed by atoms with van der Waals surface area (Å²) >= 11 is 0. The number of anilines is 2. The third kappa shape index (κ3) is 4.99. The van der Waals surface area contributed by atoms with Crippen LogP contribution < -0.4 is 20.9 Å². The van der Waals surface area contributed by atoms with Gasteiger partial charge in [0.1, 0.15) is 6.04 Å². The smallest absolute Gasteiger partial charge is 0.249 e. The van der Waals surface area contributed by atoms with Gasteiger partial charge in [-0.15, -0.1) is 24.8 Å². The molecule has 3 rings (SSSR count). The van der Waals surface area contributed by atoms with Gasteiger partial charge < -0.3 is 15.5 Å². The average molecular weight is 361 g/mol. The molecule has 1 atom stereocenters. The van der Waals surface area contributed by atoms with Gasteiger partial charge >= 0.3 is 0 Å². The van der Waals surface area contributed by atoms with Crippen molar-refractivity contribution in [2.45, 2.75) is 18.9 Å². The van der Waals surface area contributed by atoms with E-state index < -0.39 is 0 Å². The Morgan fingerprint density at radius 2 is 1.70 bits per heavy atom. The van der Waals surface area contributed by atoms with Crippen molar-refractivity contribution >= 4 is 48.0 Å². The number of imide groups is 1. The number of nitrogens with one attached hydrogen (secondary N) is 3. The fourth-order valence-corrected chi connectivity index (χ4v) is 2.72. The summed E-state index contributed by atoms with van der Waals surface area (Å²) in [6, 6.07) is 7.79. The fraction of sp³-hybridized carbons (Fsp3) is 0.467. The van der Waals surface area contributed by atoms with Gasteiger partial charge in [-0.2, -0.15) is 0 Å². The van der Waals surface area contributed by atoms with Gasteiger partial charge in [-0.1, -0.05) is 0 Å². The molecule has 0 radical (unpaired) electrons. The Balaban J connectivity index is 0.00000132. The fourth-order valence-electron chi connectivity index (χ4n) is 2.72. The van der Waals surface area contributed by atoms with Gasteiger partial charge in [-0.05, 0) is 30.7 Å². The number of carbonyl (C=O) groups is 2. The van der Waals surface area contributed by atoms with Crippen LogP contribution >= 0.6 is 24.8 Å². The lowest BCUT2D eigenvalue weighted by atomic mass is 10.1. The van der Waals surface area contributed by atoms with Crippen LogP contribution in [-0.4, -0.2) is 44.0 Å². The van der Waals surface area contributed by atoms with Crippen LogP contribution in [0.25, 0.3) is 0 Å². The van der Waals surface area contributed by atoms with Gasteiger partial charge in [0.25, 0.3) is 0 Å². The second-order valence-corrected chi connectivity index (χ2v) is 5.43. The van der Waals surface area contributed by atoms with Crippen LogP contribution in [0.15, 0.2) is 24.3 Å². The molecule has 2 aliphatic rings. The molecule has 128 valence electrons. The molecule has 1 unspecified atom stereocenters. The lowest BCUT2D eigenvalue weighted by Gasteiger charge is -2.29. The van der Waals surface area contributed by atoms with Gasteiger partial charge in [0.05, 0.1) is 0 Å². The first-order valence-electron chi connectivity index (χ1n) is 7.38. The standard InChI is InChI=1S/C15H20N4O2.2ClH/c20-14-6-5-13(15(21)18-14)17-11-1-3-12(4-2-11)19-9-7-16-8-10-19;;/h1-4,13,16-17H,5-10H2,(H,18,20,21);2*1H. The molecule has 0 bridgehead atoms. The van der Waals surface area contributed by atoms with Crippen molar-refractivity contribution in [3.05, 3.63) is 24.3 Å². The summed E-state index contributed by atoms with van der Waals surface area (Å²) in [6.07, 6.45) is 0.937. The number of rotatable bonds is 3. The van der Waals surface area contributed by atoms with E-state index >= 15 is 0 Å². The number of piperazine rings is 1. The molecular weight excluding hydrogens is 339 g/mol. The van der Waals surface area contributed by atoms with Gasteiger partial charge in [0.15, 0.2) is 0 Å². The first kappa shape index (κ1) is 19.5. The van der Waals surface area contributed by atoms with Crippen molar-refractivity contribution in [2.75, 3.05) is 36.4 Å². The normalized spacial score (nSPS) is 20.9. The number of benzene rings is 1. The molecule has 0 aromatic heterocycles. The molecule has 6 nitrogen and oxygen atoms in total. The Hall–Kier alpha value is -1.50. The zero-order valence-corrected chi connectivity index (χ0v) is 14.3. The van der Waals surface area contributed by atoms with Crippen molar-refractivity contribution < 1.29 is 9.59 Å². The third-order valence-corrected chi connectivity index (χ3v) is 3.93. The Labute approximate surface area is 148 Å². The number of carbonyl (C=O) groups excluding carboxylic acids is 2. The topological polar surface area (TPSA) is 73.5 Å². The highest BCUT2D eigenvalue weighted by Gasteiger charge is 2.26. The number of amides is 2. The predicted molar refractivity (Wildman–Crippen MR) is 95.8 cm³/mol. The predicted octanol–water partition coefficient (Wildman–Crippen LogP) is 1.16. The molecule has 0 spiro atoms. The summed E-state index contributed by atoms with van der Waals surface area (Å²) in [5.41, 5.74) is 2.11. The molecule has 2 saturated heterocycles. The summed E-state index contributed by atoms with van der Waals surface area (Å²) in [6.45, 7) is 4.05. The van der Waals surface area contributed by atoms with Crippen LogP contribution in [0.5, 0.6) is 0 Å². The van der Waals surface area contributed by atoms with Crippen molar-refractivity contribution in [2.24, 2.45) is 0 Å². The number of halogens is 2. The van der Waals surface area contributed by atoms with Crippen LogP contribution in [0, 0.1) is 0 Å². The summed E-state index contributed by atoms with van der Waals surface area (Å²) < 4.78 is 0. The van der Waals surface area contributed by atoms with E-state index in [0.29, 0.717) is 12.8 Å². The first-order valence-corrected chi connectivity index (χ1v) is 7.38. The maximum Gasteiger partial charge on any atom is 0.249 e. The highest BCUT2D eigenvalue weighted by atomic mass is 35.5. The molecule has 1 aromatic carbocycles. The van der Waals surface area contributed by atoms with Crippen molar-refractivity contribution in [1.29, 1.82) is 0 Å². The number of hydrogen-bond donors (Lipinski definition) is 3. The van der Waals surface area contributed by atoms with E-state index in [1.165, 1.54) is 5.69 Å². The zero-order chi connectivity index (χ0) is 14.7. The van der Waals surface area contributed by atoms with E-state index in [0.717, 1.165) is 31.9 Å². The second-order valence-electron chi connectivity index (χ2n) is 5.43. The molecule has 0 saturated carbocycles. The summed E-state index contributed by atoms with van der Waals surface area (Å²) in [4.78, 5) is 25.2. The maximum atomic E-state index is 11.7. The maximum absolute atomic E-state index is 11.7. The molecule has 8 heteroatoms. The van der Waals surface area contributed by atoms with Crippen molar-refractivity contribution in [1.82, 2.24) is 10.6 Å². The average Bonchev–Trinajstić information content (AvgIpc) is 2.52. The SMILES string of the molecule is Cl.Cl.O=C1CCC(Nc2ccc(N3CCNCC3)cc2)C(=O)N1. The van der Waals surface area contributed by atoms with E-state index in [9.17, 15) is 9.59 Å². The van der Waals surface area contributed by atoms with Crippen LogP contribution in [0.4, 0.5) is 11.4 Å². The second kappa shape index (κ2) is 8.96. The molecule has 23 heavy (non-hydrogen) atoms. The van der Waals surface area contributed by atoms with Gasteiger partial charge in [0, 0.05) is 44.0 Å². The quantitative estimate of drug-likeness (QED) is 0.705. The molecule has 3 N–H and O–H groups in total. The minimum Gasteiger partial charge on any atom is -0.374 e. The molecular formula is C15H22Cl2N4O2. The number of piperidine rings is 1. The zero-order valence-electron chi connectivity index (χ0n) is 12.7. The Morgan fingerprint density at radius 1 is 1.04 bits per heavy atom. The number of hydrogen-bond acceptors (Lipinski definition) is 5.